The Bertz CT molecular complexity index is 305. The molecule has 0 bridgehead atoms. The van der Waals surface area contributed by atoms with Crippen LogP contribution in [0.25, 0.3) is 0 Å². The van der Waals surface area contributed by atoms with E-state index in [4.69, 9.17) is 5.73 Å². The number of carbonyl (C=O) groups excluding carboxylic acids is 2. The number of amides is 2. The lowest BCUT2D eigenvalue weighted by molar-refractivity contribution is -0.141. The molecular formula is C6H6F3N3O2. The molecule has 0 radical (unpaired) electrons. The van der Waals surface area contributed by atoms with Crippen LogP contribution in [0.1, 0.15) is 6.42 Å². The van der Waals surface area contributed by atoms with Crippen LogP contribution >= 0.6 is 0 Å². The molecule has 0 aromatic carbocycles. The van der Waals surface area contributed by atoms with Gasteiger partial charge in [0.2, 0.25) is 0 Å². The molecule has 5 nitrogen and oxygen atoms in total. The van der Waals surface area contributed by atoms with Gasteiger partial charge in [0.05, 0.1) is 6.42 Å². The number of nitrogens with zero attached hydrogens (tertiary/aromatic N) is 2. The Morgan fingerprint density at radius 2 is 2.07 bits per heavy atom. The zero-order valence-electron chi connectivity index (χ0n) is 6.78. The summed E-state index contributed by atoms with van der Waals surface area (Å²) in [6.07, 6.45) is -6.74. The summed E-state index contributed by atoms with van der Waals surface area (Å²) in [5.74, 6) is -2.03. The van der Waals surface area contributed by atoms with Crippen LogP contribution in [0.2, 0.25) is 0 Å². The summed E-state index contributed by atoms with van der Waals surface area (Å²) in [7, 11) is 0. The molecule has 1 unspecified atom stereocenters. The monoisotopic (exact) mass is 209 g/mol. The fourth-order valence-electron chi connectivity index (χ4n) is 0.881. The number of hydrogen-bond donors (Lipinski definition) is 1. The fraction of sp³-hybridized carbons (Fsp3) is 0.500. The predicted molar refractivity (Wildman–Crippen MR) is 39.0 cm³/mol. The van der Waals surface area contributed by atoms with Gasteiger partial charge in [-0.05, 0) is 0 Å². The van der Waals surface area contributed by atoms with Crippen LogP contribution in [0, 0.1) is 0 Å². The van der Waals surface area contributed by atoms with Crippen LogP contribution in [0.3, 0.4) is 0 Å². The molecule has 0 saturated heterocycles. The third kappa shape index (κ3) is 1.83. The number of rotatable bonds is 3. The maximum absolute atomic E-state index is 12.6. The summed E-state index contributed by atoms with van der Waals surface area (Å²) in [6, 6.07) is 0. The predicted octanol–water partition coefficient (Wildman–Crippen LogP) is -0.379. The second-order valence-corrected chi connectivity index (χ2v) is 2.53. The maximum atomic E-state index is 12.6. The van der Waals surface area contributed by atoms with E-state index in [1.807, 2.05) is 0 Å². The Morgan fingerprint density at radius 1 is 1.50 bits per heavy atom. The Labute approximate surface area is 76.3 Å². The van der Waals surface area contributed by atoms with Gasteiger partial charge in [-0.25, -0.2) is 13.2 Å². The number of alkyl halides is 3. The van der Waals surface area contributed by atoms with E-state index in [1.54, 1.807) is 0 Å². The first-order chi connectivity index (χ1) is 6.43. The van der Waals surface area contributed by atoms with E-state index in [2.05, 4.69) is 5.10 Å². The van der Waals surface area contributed by atoms with Crippen LogP contribution in [0.4, 0.5) is 13.2 Å². The molecule has 1 rings (SSSR count). The Balaban J connectivity index is 2.81. The van der Waals surface area contributed by atoms with Gasteiger partial charge in [0.25, 0.3) is 24.5 Å². The molecule has 0 aromatic rings. The van der Waals surface area contributed by atoms with Crippen molar-refractivity contribution in [2.24, 2.45) is 10.8 Å². The van der Waals surface area contributed by atoms with E-state index in [1.165, 1.54) is 0 Å². The molecule has 78 valence electrons. The third-order valence-electron chi connectivity index (χ3n) is 1.53. The highest BCUT2D eigenvalue weighted by atomic mass is 19.3. The van der Waals surface area contributed by atoms with Gasteiger partial charge >= 0.3 is 0 Å². The van der Waals surface area contributed by atoms with Gasteiger partial charge in [0, 0.05) is 0 Å². The second kappa shape index (κ2) is 3.64. The smallest absolute Gasteiger partial charge is 0.289 e. The van der Waals surface area contributed by atoms with Gasteiger partial charge in [-0.3, -0.25) is 9.59 Å². The molecule has 0 fully saturated rings. The Morgan fingerprint density at radius 3 is 2.43 bits per heavy atom. The first kappa shape index (κ1) is 10.5. The second-order valence-electron chi connectivity index (χ2n) is 2.53. The Kier molecular flexibility index (Phi) is 2.73. The Hall–Kier alpha value is -1.60. The minimum atomic E-state index is -3.37. The van der Waals surface area contributed by atoms with Crippen molar-refractivity contribution in [1.29, 1.82) is 0 Å². The normalized spacial score (nSPS) is 18.7. The van der Waals surface area contributed by atoms with Gasteiger partial charge in [-0.2, -0.15) is 10.1 Å². The van der Waals surface area contributed by atoms with Crippen molar-refractivity contribution in [3.05, 3.63) is 0 Å². The standard InChI is InChI=1S/C6H6F3N3O2/c7-4(8)5(9)12-3(13)1-2(11-12)6(10)14/h4-5H,1H2,(H2,10,14). The fourth-order valence-corrected chi connectivity index (χ4v) is 0.881. The largest absolute Gasteiger partial charge is 0.364 e. The van der Waals surface area contributed by atoms with Gasteiger partial charge in [-0.1, -0.05) is 0 Å². The highest BCUT2D eigenvalue weighted by molar-refractivity contribution is 6.42. The molecule has 1 aliphatic heterocycles. The van der Waals surface area contributed by atoms with Crippen molar-refractivity contribution in [2.75, 3.05) is 0 Å². The van der Waals surface area contributed by atoms with Gasteiger partial charge in [0.15, 0.2) is 0 Å². The van der Waals surface area contributed by atoms with Crippen molar-refractivity contribution < 1.29 is 22.8 Å². The van der Waals surface area contributed by atoms with E-state index in [9.17, 15) is 22.8 Å². The maximum Gasteiger partial charge on any atom is 0.289 e. The average molecular weight is 209 g/mol. The van der Waals surface area contributed by atoms with Crippen molar-refractivity contribution in [2.45, 2.75) is 19.1 Å². The van der Waals surface area contributed by atoms with Gasteiger partial charge in [0.1, 0.15) is 5.71 Å². The molecule has 0 aromatic heterocycles. The average Bonchev–Trinajstić information content (AvgIpc) is 2.46. The zero-order valence-corrected chi connectivity index (χ0v) is 6.78. The molecule has 14 heavy (non-hydrogen) atoms. The lowest BCUT2D eigenvalue weighted by Crippen LogP contribution is -2.34. The minimum Gasteiger partial charge on any atom is -0.364 e. The summed E-state index contributed by atoms with van der Waals surface area (Å²) >= 11 is 0. The van der Waals surface area contributed by atoms with Crippen molar-refractivity contribution in [1.82, 2.24) is 5.01 Å². The number of primary amides is 1. The van der Waals surface area contributed by atoms with E-state index in [0.717, 1.165) is 0 Å². The van der Waals surface area contributed by atoms with Crippen molar-refractivity contribution >= 4 is 17.5 Å². The van der Waals surface area contributed by atoms with E-state index in [0.29, 0.717) is 0 Å². The lowest BCUT2D eigenvalue weighted by Gasteiger charge is -2.15. The van der Waals surface area contributed by atoms with Crippen molar-refractivity contribution in [3.63, 3.8) is 0 Å². The lowest BCUT2D eigenvalue weighted by atomic mass is 10.2. The first-order valence-electron chi connectivity index (χ1n) is 3.55. The van der Waals surface area contributed by atoms with Crippen LogP contribution in [0.15, 0.2) is 5.10 Å². The SMILES string of the molecule is NC(=O)C1=NN(C(F)C(F)F)C(=O)C1. The number of carbonyl (C=O) groups is 2. The first-order valence-corrected chi connectivity index (χ1v) is 3.55. The molecule has 0 saturated carbocycles. The number of hydrazone groups is 1. The van der Waals surface area contributed by atoms with Crippen LogP contribution < -0.4 is 5.73 Å². The quantitative estimate of drug-likeness (QED) is 0.643. The van der Waals surface area contributed by atoms with Gasteiger partial charge in [-0.15, -0.1) is 0 Å². The number of hydrogen-bond acceptors (Lipinski definition) is 3. The van der Waals surface area contributed by atoms with Crippen molar-refractivity contribution in [3.8, 4) is 0 Å². The highest BCUT2D eigenvalue weighted by Crippen LogP contribution is 2.18. The topological polar surface area (TPSA) is 75.8 Å². The van der Waals surface area contributed by atoms with Gasteiger partial charge < -0.3 is 5.73 Å². The third-order valence-corrected chi connectivity index (χ3v) is 1.53. The minimum absolute atomic E-state index is 0.0647. The number of nitrogens with two attached hydrogens (primary N) is 1. The molecule has 8 heteroatoms. The molecular weight excluding hydrogens is 203 g/mol. The molecule has 1 heterocycles. The van der Waals surface area contributed by atoms with E-state index in [-0.39, 0.29) is 5.01 Å². The zero-order chi connectivity index (χ0) is 10.9. The summed E-state index contributed by atoms with van der Waals surface area (Å²) in [5, 5.41) is 3.00. The molecule has 0 aliphatic carbocycles. The van der Waals surface area contributed by atoms with Crippen LogP contribution in [-0.4, -0.2) is 35.3 Å². The summed E-state index contributed by atoms with van der Waals surface area (Å²) in [4.78, 5) is 21.4. The molecule has 2 amide bonds. The molecule has 1 atom stereocenters. The highest BCUT2D eigenvalue weighted by Gasteiger charge is 2.37. The van der Waals surface area contributed by atoms with Crippen LogP contribution in [-0.2, 0) is 9.59 Å². The number of halogens is 3. The van der Waals surface area contributed by atoms with E-state index < -0.39 is 36.7 Å². The summed E-state index contributed by atoms with van der Waals surface area (Å²) < 4.78 is 36.3. The molecule has 0 spiro atoms. The van der Waals surface area contributed by atoms with Crippen LogP contribution in [0.5, 0.6) is 0 Å². The molecule has 1 aliphatic rings. The molecule has 2 N–H and O–H groups in total. The van der Waals surface area contributed by atoms with E-state index >= 15 is 0 Å². The summed E-state index contributed by atoms with van der Waals surface area (Å²) in [5.41, 5.74) is 4.32. The summed E-state index contributed by atoms with van der Waals surface area (Å²) in [6.45, 7) is 0.